The van der Waals surface area contributed by atoms with Crippen LogP contribution in [0, 0.1) is 0 Å². The monoisotopic (exact) mass is 360 g/mol. The van der Waals surface area contributed by atoms with E-state index in [1.165, 1.54) is 12.1 Å². The Hall–Kier alpha value is -2.96. The summed E-state index contributed by atoms with van der Waals surface area (Å²) in [4.78, 5) is 24.0. The third kappa shape index (κ3) is 4.36. The zero-order valence-corrected chi connectivity index (χ0v) is 13.9. The third-order valence-corrected chi connectivity index (χ3v) is 4.15. The van der Waals surface area contributed by atoms with Crippen LogP contribution >= 0.6 is 0 Å². The number of benzene rings is 2. The molecule has 5 nitrogen and oxygen atoms in total. The Morgan fingerprint density at radius 3 is 2.27 bits per heavy atom. The molecule has 2 aromatic rings. The van der Waals surface area contributed by atoms with Crippen molar-refractivity contribution in [1.82, 2.24) is 10.6 Å². The number of hydrogen-bond acceptors (Lipinski definition) is 3. The van der Waals surface area contributed by atoms with Crippen LogP contribution in [0.25, 0.3) is 11.1 Å². The Balaban J connectivity index is 1.66. The van der Waals surface area contributed by atoms with Gasteiger partial charge in [-0.05, 0) is 48.2 Å². The summed E-state index contributed by atoms with van der Waals surface area (Å²) in [5, 5.41) is 5.46. The van der Waals surface area contributed by atoms with E-state index in [1.807, 2.05) is 0 Å². The summed E-state index contributed by atoms with van der Waals surface area (Å²) < 4.78 is 28.7. The van der Waals surface area contributed by atoms with E-state index in [-0.39, 0.29) is 17.6 Å². The maximum atomic E-state index is 12.3. The third-order valence-electron chi connectivity index (χ3n) is 4.15. The summed E-state index contributed by atoms with van der Waals surface area (Å²) in [7, 11) is 0. The van der Waals surface area contributed by atoms with Gasteiger partial charge in [0.2, 0.25) is 5.91 Å². The summed E-state index contributed by atoms with van der Waals surface area (Å²) in [6.07, 6.45) is 1.46. The van der Waals surface area contributed by atoms with Crippen molar-refractivity contribution in [3.05, 3.63) is 54.1 Å². The quantitative estimate of drug-likeness (QED) is 0.861. The summed E-state index contributed by atoms with van der Waals surface area (Å²) >= 11 is 0. The summed E-state index contributed by atoms with van der Waals surface area (Å²) in [6.45, 7) is -2.22. The van der Waals surface area contributed by atoms with Gasteiger partial charge in [-0.3, -0.25) is 9.59 Å². The number of carbonyl (C=O) groups excluding carboxylic acids is 2. The van der Waals surface area contributed by atoms with Crippen LogP contribution in [0.4, 0.5) is 8.78 Å². The second-order valence-corrected chi connectivity index (χ2v) is 5.94. The molecule has 1 aliphatic rings. The number of hydrogen-bond donors (Lipinski definition) is 2. The number of halogens is 2. The van der Waals surface area contributed by atoms with Crippen LogP contribution in [-0.4, -0.2) is 31.0 Å². The topological polar surface area (TPSA) is 67.4 Å². The number of nitrogens with one attached hydrogen (secondary N) is 2. The number of piperidine rings is 1. The predicted octanol–water partition coefficient (Wildman–Crippen LogP) is 2.96. The Bertz CT molecular complexity index is 776. The average Bonchev–Trinajstić information content (AvgIpc) is 2.64. The molecule has 0 aromatic heterocycles. The molecule has 0 bridgehead atoms. The Kier molecular flexibility index (Phi) is 5.46. The highest BCUT2D eigenvalue weighted by molar-refractivity contribution is 5.98. The number of rotatable bonds is 5. The van der Waals surface area contributed by atoms with E-state index in [1.54, 1.807) is 36.4 Å². The molecule has 0 spiro atoms. The second-order valence-electron chi connectivity index (χ2n) is 5.94. The molecule has 1 aliphatic heterocycles. The van der Waals surface area contributed by atoms with Crippen LogP contribution in [0.5, 0.6) is 5.75 Å². The van der Waals surface area contributed by atoms with Crippen molar-refractivity contribution in [3.8, 4) is 16.9 Å². The Morgan fingerprint density at radius 2 is 1.69 bits per heavy atom. The minimum atomic E-state index is -2.86. The zero-order chi connectivity index (χ0) is 18.5. The smallest absolute Gasteiger partial charge is 0.387 e. The molecule has 0 aliphatic carbocycles. The van der Waals surface area contributed by atoms with Gasteiger partial charge in [-0.25, -0.2) is 0 Å². The van der Waals surface area contributed by atoms with Gasteiger partial charge in [0.05, 0.1) is 0 Å². The molecule has 0 saturated carbocycles. The standard InChI is InChI=1S/C19H18F2N2O3/c20-19(21)26-15-9-7-13(8-10-15)12-3-5-14(6-4-12)17(24)23-16-2-1-11-22-18(16)25/h3-10,16,19H,1-2,11H2,(H,22,25)(H,23,24)/t16-/m1/s1. The van der Waals surface area contributed by atoms with E-state index < -0.39 is 12.7 Å². The molecule has 2 amide bonds. The summed E-state index contributed by atoms with van der Waals surface area (Å²) in [5.41, 5.74) is 2.09. The maximum absolute atomic E-state index is 12.3. The average molecular weight is 360 g/mol. The van der Waals surface area contributed by atoms with Crippen LogP contribution < -0.4 is 15.4 Å². The molecule has 0 unspecified atom stereocenters. The second kappa shape index (κ2) is 7.95. The SMILES string of the molecule is O=C(N[C@@H]1CCCNC1=O)c1ccc(-c2ccc(OC(F)F)cc2)cc1. The Morgan fingerprint density at radius 1 is 1.08 bits per heavy atom. The molecule has 2 aromatic carbocycles. The van der Waals surface area contributed by atoms with Crippen LogP contribution in [-0.2, 0) is 4.79 Å². The largest absolute Gasteiger partial charge is 0.435 e. The number of alkyl halides is 2. The number of amides is 2. The highest BCUT2D eigenvalue weighted by Gasteiger charge is 2.23. The van der Waals surface area contributed by atoms with Gasteiger partial charge in [-0.2, -0.15) is 8.78 Å². The molecule has 2 N–H and O–H groups in total. The molecule has 1 fully saturated rings. The van der Waals surface area contributed by atoms with Gasteiger partial charge < -0.3 is 15.4 Å². The molecule has 1 atom stereocenters. The van der Waals surface area contributed by atoms with Gasteiger partial charge in [0.25, 0.3) is 5.91 Å². The van der Waals surface area contributed by atoms with Gasteiger partial charge in [0.15, 0.2) is 0 Å². The first-order valence-electron chi connectivity index (χ1n) is 8.27. The van der Waals surface area contributed by atoms with Gasteiger partial charge >= 0.3 is 6.61 Å². The zero-order valence-electron chi connectivity index (χ0n) is 13.9. The van der Waals surface area contributed by atoms with Gasteiger partial charge in [-0.1, -0.05) is 24.3 Å². The van der Waals surface area contributed by atoms with Crippen LogP contribution in [0.1, 0.15) is 23.2 Å². The van der Waals surface area contributed by atoms with Crippen molar-refractivity contribution in [2.45, 2.75) is 25.5 Å². The first-order chi connectivity index (χ1) is 12.5. The fraction of sp³-hybridized carbons (Fsp3) is 0.263. The van der Waals surface area contributed by atoms with Crippen molar-refractivity contribution >= 4 is 11.8 Å². The van der Waals surface area contributed by atoms with Crippen molar-refractivity contribution in [2.75, 3.05) is 6.54 Å². The van der Waals surface area contributed by atoms with E-state index in [0.29, 0.717) is 18.5 Å². The summed E-state index contributed by atoms with van der Waals surface area (Å²) in [5.74, 6) is -0.378. The fourth-order valence-electron chi connectivity index (χ4n) is 2.79. The fourth-order valence-corrected chi connectivity index (χ4v) is 2.79. The molecular formula is C19H18F2N2O3. The van der Waals surface area contributed by atoms with E-state index in [0.717, 1.165) is 17.5 Å². The van der Waals surface area contributed by atoms with Crippen molar-refractivity contribution in [1.29, 1.82) is 0 Å². The lowest BCUT2D eigenvalue weighted by molar-refractivity contribution is -0.124. The van der Waals surface area contributed by atoms with E-state index >= 15 is 0 Å². The van der Waals surface area contributed by atoms with E-state index in [4.69, 9.17) is 0 Å². The molecule has 136 valence electrons. The molecule has 7 heteroatoms. The first-order valence-corrected chi connectivity index (χ1v) is 8.27. The van der Waals surface area contributed by atoms with Gasteiger partial charge in [0.1, 0.15) is 11.8 Å². The lowest BCUT2D eigenvalue weighted by Gasteiger charge is -2.22. The maximum Gasteiger partial charge on any atom is 0.387 e. The first kappa shape index (κ1) is 17.8. The van der Waals surface area contributed by atoms with Gasteiger partial charge in [0, 0.05) is 12.1 Å². The number of ether oxygens (including phenoxy) is 1. The lowest BCUT2D eigenvalue weighted by atomic mass is 10.0. The minimum absolute atomic E-state index is 0.0884. The molecule has 1 heterocycles. The lowest BCUT2D eigenvalue weighted by Crippen LogP contribution is -2.50. The molecular weight excluding hydrogens is 342 g/mol. The van der Waals surface area contributed by atoms with E-state index in [9.17, 15) is 18.4 Å². The molecule has 3 rings (SSSR count). The molecule has 0 radical (unpaired) electrons. The van der Waals surface area contributed by atoms with Gasteiger partial charge in [-0.15, -0.1) is 0 Å². The number of carbonyl (C=O) groups is 2. The minimum Gasteiger partial charge on any atom is -0.435 e. The van der Waals surface area contributed by atoms with Crippen LogP contribution in [0.2, 0.25) is 0 Å². The van der Waals surface area contributed by atoms with Crippen molar-refractivity contribution in [2.24, 2.45) is 0 Å². The van der Waals surface area contributed by atoms with Crippen molar-refractivity contribution in [3.63, 3.8) is 0 Å². The molecule has 26 heavy (non-hydrogen) atoms. The highest BCUT2D eigenvalue weighted by atomic mass is 19.3. The van der Waals surface area contributed by atoms with Crippen LogP contribution in [0.3, 0.4) is 0 Å². The van der Waals surface area contributed by atoms with Crippen LogP contribution in [0.15, 0.2) is 48.5 Å². The summed E-state index contributed by atoms with van der Waals surface area (Å²) in [6, 6.07) is 12.6. The highest BCUT2D eigenvalue weighted by Crippen LogP contribution is 2.23. The Labute approximate surface area is 149 Å². The predicted molar refractivity (Wildman–Crippen MR) is 92.0 cm³/mol. The molecule has 1 saturated heterocycles. The normalized spacial score (nSPS) is 16.9. The van der Waals surface area contributed by atoms with Crippen molar-refractivity contribution < 1.29 is 23.1 Å². The van der Waals surface area contributed by atoms with E-state index in [2.05, 4.69) is 15.4 Å².